The number of primary amides is 1. The van der Waals surface area contributed by atoms with E-state index in [1.807, 2.05) is 37.3 Å². The second kappa shape index (κ2) is 7.40. The molecule has 0 saturated carbocycles. The number of hydrogen-bond acceptors (Lipinski definition) is 3. The zero-order valence-electron chi connectivity index (χ0n) is 14.7. The Hall–Kier alpha value is -2.14. The topological polar surface area (TPSA) is 72.2 Å². The Morgan fingerprint density at radius 3 is 2.68 bits per heavy atom. The normalized spacial score (nSPS) is 17.6. The molecule has 1 aliphatic carbocycles. The molecule has 2 atom stereocenters. The summed E-state index contributed by atoms with van der Waals surface area (Å²) in [5.74, 6) is -0.166. The molecule has 25 heavy (non-hydrogen) atoms. The van der Waals surface area contributed by atoms with Crippen LogP contribution < -0.4 is 11.1 Å². The molecule has 3 N–H and O–H groups in total. The van der Waals surface area contributed by atoms with Gasteiger partial charge in [0.25, 0.3) is 5.91 Å². The Morgan fingerprint density at radius 1 is 1.32 bits per heavy atom. The highest BCUT2D eigenvalue weighted by Gasteiger charge is 2.28. The molecule has 0 radical (unpaired) electrons. The van der Waals surface area contributed by atoms with Crippen molar-refractivity contribution in [2.75, 3.05) is 5.32 Å². The van der Waals surface area contributed by atoms with Gasteiger partial charge in [0.15, 0.2) is 0 Å². The first kappa shape index (κ1) is 17.7. The van der Waals surface area contributed by atoms with Crippen LogP contribution >= 0.6 is 11.3 Å². The van der Waals surface area contributed by atoms with Crippen molar-refractivity contribution in [3.8, 4) is 0 Å². The van der Waals surface area contributed by atoms with Gasteiger partial charge in [0.05, 0.1) is 11.5 Å². The Balaban J connectivity index is 1.89. The van der Waals surface area contributed by atoms with Crippen LogP contribution in [-0.4, -0.2) is 11.8 Å². The van der Waals surface area contributed by atoms with Gasteiger partial charge in [-0.2, -0.15) is 0 Å². The van der Waals surface area contributed by atoms with E-state index >= 15 is 0 Å². The number of nitrogens with one attached hydrogen (secondary N) is 1. The third-order valence-electron chi connectivity index (χ3n) is 4.92. The maximum atomic E-state index is 12.8. The molecule has 0 spiro atoms. The van der Waals surface area contributed by atoms with Crippen molar-refractivity contribution in [1.82, 2.24) is 0 Å². The number of amides is 2. The largest absolute Gasteiger partial charge is 0.365 e. The molecule has 1 aliphatic rings. The fourth-order valence-corrected chi connectivity index (χ4v) is 4.98. The lowest BCUT2D eigenvalue weighted by atomic mass is 9.88. The van der Waals surface area contributed by atoms with Crippen molar-refractivity contribution in [3.63, 3.8) is 0 Å². The molecule has 4 nitrogen and oxygen atoms in total. The quantitative estimate of drug-likeness (QED) is 0.846. The Morgan fingerprint density at radius 2 is 2.04 bits per heavy atom. The van der Waals surface area contributed by atoms with Crippen LogP contribution in [0.2, 0.25) is 0 Å². The van der Waals surface area contributed by atoms with Gasteiger partial charge in [-0.1, -0.05) is 44.2 Å². The molecule has 2 unspecified atom stereocenters. The molecular formula is C20H24N2O2S. The van der Waals surface area contributed by atoms with E-state index in [-0.39, 0.29) is 11.8 Å². The predicted octanol–water partition coefficient (Wildman–Crippen LogP) is 4.10. The molecule has 132 valence electrons. The number of rotatable bonds is 5. The highest BCUT2D eigenvalue weighted by Crippen LogP contribution is 2.40. The second-order valence-electron chi connectivity index (χ2n) is 6.78. The lowest BCUT2D eigenvalue weighted by Gasteiger charge is -2.18. The maximum Gasteiger partial charge on any atom is 0.251 e. The molecule has 0 fully saturated rings. The minimum atomic E-state index is -0.449. The first-order chi connectivity index (χ1) is 12.0. The molecule has 3 rings (SSSR count). The summed E-state index contributed by atoms with van der Waals surface area (Å²) in [6.07, 6.45) is 3.56. The van der Waals surface area contributed by atoms with Crippen LogP contribution in [0.15, 0.2) is 30.3 Å². The van der Waals surface area contributed by atoms with Gasteiger partial charge >= 0.3 is 0 Å². The lowest BCUT2D eigenvalue weighted by Crippen LogP contribution is -2.23. The van der Waals surface area contributed by atoms with Crippen LogP contribution in [0, 0.1) is 5.92 Å². The Kier molecular flexibility index (Phi) is 5.23. The maximum absolute atomic E-state index is 12.8. The van der Waals surface area contributed by atoms with Crippen LogP contribution in [0.1, 0.15) is 59.0 Å². The summed E-state index contributed by atoms with van der Waals surface area (Å²) in [5, 5.41) is 3.61. The van der Waals surface area contributed by atoms with Crippen molar-refractivity contribution in [2.45, 2.75) is 45.4 Å². The third-order valence-corrected chi connectivity index (χ3v) is 6.09. The molecular weight excluding hydrogens is 332 g/mol. The van der Waals surface area contributed by atoms with E-state index in [1.165, 1.54) is 16.2 Å². The molecule has 1 heterocycles. The summed E-state index contributed by atoms with van der Waals surface area (Å²) in [6.45, 7) is 4.21. The summed E-state index contributed by atoms with van der Waals surface area (Å²) in [6, 6.07) is 9.73. The average Bonchev–Trinajstić information content (AvgIpc) is 2.93. The lowest BCUT2D eigenvalue weighted by molar-refractivity contribution is -0.117. The summed E-state index contributed by atoms with van der Waals surface area (Å²) in [7, 11) is 0. The van der Waals surface area contributed by atoms with E-state index in [0.29, 0.717) is 22.9 Å². The van der Waals surface area contributed by atoms with Gasteiger partial charge in [-0.15, -0.1) is 11.3 Å². The molecule has 0 aliphatic heterocycles. The fourth-order valence-electron chi connectivity index (χ4n) is 3.56. The van der Waals surface area contributed by atoms with E-state index in [4.69, 9.17) is 5.73 Å². The molecule has 5 heteroatoms. The van der Waals surface area contributed by atoms with Gasteiger partial charge in [-0.3, -0.25) is 9.59 Å². The van der Waals surface area contributed by atoms with Crippen LogP contribution in [0.3, 0.4) is 0 Å². The molecule has 1 aromatic heterocycles. The van der Waals surface area contributed by atoms with Crippen molar-refractivity contribution in [1.29, 1.82) is 0 Å². The number of thiophene rings is 1. The Bertz CT molecular complexity index is 782. The van der Waals surface area contributed by atoms with Gasteiger partial charge in [-0.05, 0) is 42.7 Å². The van der Waals surface area contributed by atoms with E-state index in [2.05, 4.69) is 12.2 Å². The molecule has 0 saturated heterocycles. The predicted molar refractivity (Wildman–Crippen MR) is 102 cm³/mol. The number of nitrogens with two attached hydrogens (primary N) is 1. The Labute approximate surface area is 152 Å². The van der Waals surface area contributed by atoms with E-state index < -0.39 is 5.91 Å². The number of fused-ring (bicyclic) bond motifs is 1. The van der Waals surface area contributed by atoms with E-state index in [9.17, 15) is 9.59 Å². The SMILES string of the molecule is CCC(C(=O)Nc1sc2c(c1C(N)=O)CCC(C)C2)c1ccccc1. The third kappa shape index (κ3) is 3.61. The first-order valence-corrected chi connectivity index (χ1v) is 9.63. The van der Waals surface area contributed by atoms with Gasteiger partial charge in [0.1, 0.15) is 5.00 Å². The average molecular weight is 356 g/mol. The van der Waals surface area contributed by atoms with Gasteiger partial charge in [0.2, 0.25) is 5.91 Å². The van der Waals surface area contributed by atoms with Gasteiger partial charge in [-0.25, -0.2) is 0 Å². The van der Waals surface area contributed by atoms with Crippen LogP contribution in [0.25, 0.3) is 0 Å². The highest BCUT2D eigenvalue weighted by atomic mass is 32.1. The first-order valence-electron chi connectivity index (χ1n) is 8.81. The van der Waals surface area contributed by atoms with Crippen LogP contribution in [0.4, 0.5) is 5.00 Å². The summed E-state index contributed by atoms with van der Waals surface area (Å²) in [5.41, 5.74) is 8.17. The monoisotopic (exact) mass is 356 g/mol. The number of benzene rings is 1. The van der Waals surface area contributed by atoms with Crippen molar-refractivity contribution in [2.24, 2.45) is 11.7 Å². The zero-order valence-corrected chi connectivity index (χ0v) is 15.5. The second-order valence-corrected chi connectivity index (χ2v) is 7.89. The number of carbonyl (C=O) groups is 2. The number of anilines is 1. The van der Waals surface area contributed by atoms with Crippen molar-refractivity contribution >= 4 is 28.2 Å². The molecule has 2 amide bonds. The van der Waals surface area contributed by atoms with Crippen molar-refractivity contribution in [3.05, 3.63) is 51.9 Å². The van der Waals surface area contributed by atoms with Gasteiger partial charge in [0, 0.05) is 4.88 Å². The summed E-state index contributed by atoms with van der Waals surface area (Å²) >= 11 is 1.51. The standard InChI is InChI=1S/C20H24N2O2S/c1-3-14(13-7-5-4-6-8-13)19(24)22-20-17(18(21)23)15-10-9-12(2)11-16(15)25-20/h4-8,12,14H,3,9-11H2,1-2H3,(H2,21,23)(H,22,24). The molecule has 1 aromatic carbocycles. The smallest absolute Gasteiger partial charge is 0.251 e. The van der Waals surface area contributed by atoms with E-state index in [1.54, 1.807) is 0 Å². The fraction of sp³-hybridized carbons (Fsp3) is 0.400. The minimum absolute atomic E-state index is 0.0807. The summed E-state index contributed by atoms with van der Waals surface area (Å²) in [4.78, 5) is 26.0. The minimum Gasteiger partial charge on any atom is -0.365 e. The highest BCUT2D eigenvalue weighted by molar-refractivity contribution is 7.17. The zero-order chi connectivity index (χ0) is 18.0. The van der Waals surface area contributed by atoms with Crippen LogP contribution in [0.5, 0.6) is 0 Å². The van der Waals surface area contributed by atoms with Crippen LogP contribution in [-0.2, 0) is 17.6 Å². The molecule has 0 bridgehead atoms. The van der Waals surface area contributed by atoms with Crippen molar-refractivity contribution < 1.29 is 9.59 Å². The number of carbonyl (C=O) groups excluding carboxylic acids is 2. The van der Waals surface area contributed by atoms with Gasteiger partial charge < -0.3 is 11.1 Å². The summed E-state index contributed by atoms with van der Waals surface area (Å²) < 4.78 is 0. The number of hydrogen-bond donors (Lipinski definition) is 2. The van der Waals surface area contributed by atoms with E-state index in [0.717, 1.165) is 30.4 Å². The molecule has 2 aromatic rings.